The van der Waals surface area contributed by atoms with E-state index in [0.29, 0.717) is 6.54 Å². The molecule has 0 aliphatic rings. The predicted molar refractivity (Wildman–Crippen MR) is 70.9 cm³/mol. The molecule has 0 aliphatic carbocycles. The van der Waals surface area contributed by atoms with Crippen molar-refractivity contribution in [1.82, 2.24) is 10.2 Å². The Labute approximate surface area is 104 Å². The number of nitrogens with one attached hydrogen (secondary N) is 1. The number of nitrogens with zero attached hydrogens (tertiary/aromatic N) is 1. The van der Waals surface area contributed by atoms with Gasteiger partial charge in [-0.15, -0.1) is 0 Å². The lowest BCUT2D eigenvalue weighted by Crippen LogP contribution is -2.36. The van der Waals surface area contributed by atoms with E-state index in [1.807, 2.05) is 14.0 Å². The van der Waals surface area contributed by atoms with Crippen molar-refractivity contribution in [3.05, 3.63) is 35.4 Å². The molecule has 0 spiro atoms. The van der Waals surface area contributed by atoms with Gasteiger partial charge in [-0.05, 0) is 26.3 Å². The molecular formula is C14H22N2O. The fourth-order valence-corrected chi connectivity index (χ4v) is 1.52. The quantitative estimate of drug-likeness (QED) is 0.846. The zero-order chi connectivity index (χ0) is 12.8. The van der Waals surface area contributed by atoms with E-state index in [9.17, 15) is 4.79 Å². The zero-order valence-corrected chi connectivity index (χ0v) is 11.2. The van der Waals surface area contributed by atoms with Crippen LogP contribution in [0.4, 0.5) is 0 Å². The van der Waals surface area contributed by atoms with Crippen LogP contribution in [0.15, 0.2) is 24.3 Å². The van der Waals surface area contributed by atoms with Crippen LogP contribution in [0.1, 0.15) is 31.0 Å². The molecule has 3 heteroatoms. The standard InChI is InChI=1S/C14H22N2O/c1-5-16(4)14(17)10-15-12(3)13-8-6-11(2)7-9-13/h6-9,12,15H,5,10H2,1-4H3. The van der Waals surface area contributed by atoms with Gasteiger partial charge in [0, 0.05) is 19.6 Å². The van der Waals surface area contributed by atoms with Crippen molar-refractivity contribution in [1.29, 1.82) is 0 Å². The molecule has 1 aromatic carbocycles. The highest BCUT2D eigenvalue weighted by molar-refractivity contribution is 5.77. The second kappa shape index (κ2) is 6.40. The summed E-state index contributed by atoms with van der Waals surface area (Å²) in [7, 11) is 1.82. The Morgan fingerprint density at radius 1 is 1.35 bits per heavy atom. The molecule has 0 heterocycles. The Kier molecular flexibility index (Phi) is 5.16. The largest absolute Gasteiger partial charge is 0.345 e. The number of hydrogen-bond donors (Lipinski definition) is 1. The summed E-state index contributed by atoms with van der Waals surface area (Å²) >= 11 is 0. The molecule has 1 atom stereocenters. The van der Waals surface area contributed by atoms with Crippen molar-refractivity contribution >= 4 is 5.91 Å². The fraction of sp³-hybridized carbons (Fsp3) is 0.500. The molecule has 0 fully saturated rings. The van der Waals surface area contributed by atoms with Crippen molar-refractivity contribution in [3.8, 4) is 0 Å². The summed E-state index contributed by atoms with van der Waals surface area (Å²) in [4.78, 5) is 13.3. The van der Waals surface area contributed by atoms with E-state index in [4.69, 9.17) is 0 Å². The van der Waals surface area contributed by atoms with Crippen LogP contribution < -0.4 is 5.32 Å². The third-order valence-electron chi connectivity index (χ3n) is 3.04. The van der Waals surface area contributed by atoms with E-state index in [2.05, 4.69) is 43.4 Å². The highest BCUT2D eigenvalue weighted by Crippen LogP contribution is 2.12. The highest BCUT2D eigenvalue weighted by Gasteiger charge is 2.09. The molecule has 0 aliphatic heterocycles. The van der Waals surface area contributed by atoms with Gasteiger partial charge in [0.25, 0.3) is 0 Å². The maximum Gasteiger partial charge on any atom is 0.236 e. The lowest BCUT2D eigenvalue weighted by molar-refractivity contribution is -0.128. The first-order valence-electron chi connectivity index (χ1n) is 6.08. The van der Waals surface area contributed by atoms with Gasteiger partial charge in [0.1, 0.15) is 0 Å². The molecule has 1 N–H and O–H groups in total. The normalized spacial score (nSPS) is 12.2. The Morgan fingerprint density at radius 2 is 1.94 bits per heavy atom. The van der Waals surface area contributed by atoms with Crippen molar-refractivity contribution in [2.45, 2.75) is 26.8 Å². The summed E-state index contributed by atoms with van der Waals surface area (Å²) in [5, 5.41) is 3.24. The molecule has 1 aromatic rings. The Balaban J connectivity index is 2.47. The molecule has 0 aromatic heterocycles. The number of carbonyl (C=O) groups is 1. The minimum absolute atomic E-state index is 0.131. The second-order valence-electron chi connectivity index (χ2n) is 4.42. The zero-order valence-electron chi connectivity index (χ0n) is 11.2. The number of carbonyl (C=O) groups excluding carboxylic acids is 1. The fourth-order valence-electron chi connectivity index (χ4n) is 1.52. The lowest BCUT2D eigenvalue weighted by atomic mass is 10.1. The van der Waals surface area contributed by atoms with Crippen LogP contribution in [0.5, 0.6) is 0 Å². The first-order valence-corrected chi connectivity index (χ1v) is 6.08. The minimum atomic E-state index is 0.131. The molecule has 0 radical (unpaired) electrons. The van der Waals surface area contributed by atoms with Crippen LogP contribution in [-0.4, -0.2) is 30.9 Å². The number of benzene rings is 1. The van der Waals surface area contributed by atoms with Gasteiger partial charge in [-0.3, -0.25) is 4.79 Å². The first kappa shape index (κ1) is 13.7. The number of rotatable bonds is 5. The summed E-state index contributed by atoms with van der Waals surface area (Å²) in [6.07, 6.45) is 0. The summed E-state index contributed by atoms with van der Waals surface area (Å²) in [6, 6.07) is 8.58. The number of hydrogen-bond acceptors (Lipinski definition) is 2. The second-order valence-corrected chi connectivity index (χ2v) is 4.42. The Hall–Kier alpha value is -1.35. The molecule has 1 rings (SSSR count). The van der Waals surface area contributed by atoms with Gasteiger partial charge in [0.2, 0.25) is 5.91 Å². The van der Waals surface area contributed by atoms with E-state index in [1.54, 1.807) is 4.90 Å². The average Bonchev–Trinajstić information content (AvgIpc) is 2.35. The van der Waals surface area contributed by atoms with Gasteiger partial charge in [-0.1, -0.05) is 29.8 Å². The summed E-state index contributed by atoms with van der Waals surface area (Å²) < 4.78 is 0. The van der Waals surface area contributed by atoms with Crippen molar-refractivity contribution in [2.75, 3.05) is 20.1 Å². The lowest BCUT2D eigenvalue weighted by Gasteiger charge is -2.18. The van der Waals surface area contributed by atoms with Crippen LogP contribution in [0, 0.1) is 6.92 Å². The van der Waals surface area contributed by atoms with Crippen LogP contribution in [0.2, 0.25) is 0 Å². The van der Waals surface area contributed by atoms with Gasteiger partial charge < -0.3 is 10.2 Å². The number of amides is 1. The molecule has 94 valence electrons. The van der Waals surface area contributed by atoms with Crippen LogP contribution in [-0.2, 0) is 4.79 Å². The first-order chi connectivity index (χ1) is 8.04. The Bertz CT molecular complexity index is 359. The van der Waals surface area contributed by atoms with Gasteiger partial charge in [0.05, 0.1) is 6.54 Å². The Morgan fingerprint density at radius 3 is 2.47 bits per heavy atom. The minimum Gasteiger partial charge on any atom is -0.345 e. The molecule has 0 bridgehead atoms. The van der Waals surface area contributed by atoms with Crippen LogP contribution in [0.3, 0.4) is 0 Å². The van der Waals surface area contributed by atoms with Crippen molar-refractivity contribution in [2.24, 2.45) is 0 Å². The predicted octanol–water partition coefficient (Wildman–Crippen LogP) is 2.12. The number of likely N-dealkylation sites (N-methyl/N-ethyl adjacent to an activating group) is 1. The van der Waals surface area contributed by atoms with Crippen molar-refractivity contribution < 1.29 is 4.79 Å². The molecule has 3 nitrogen and oxygen atoms in total. The maximum atomic E-state index is 11.6. The van der Waals surface area contributed by atoms with E-state index in [0.717, 1.165) is 6.54 Å². The molecule has 1 amide bonds. The third kappa shape index (κ3) is 4.19. The van der Waals surface area contributed by atoms with E-state index >= 15 is 0 Å². The molecule has 17 heavy (non-hydrogen) atoms. The molecule has 0 saturated carbocycles. The average molecular weight is 234 g/mol. The number of aryl methyl sites for hydroxylation is 1. The highest BCUT2D eigenvalue weighted by atomic mass is 16.2. The molecular weight excluding hydrogens is 212 g/mol. The summed E-state index contributed by atoms with van der Waals surface area (Å²) in [6.45, 7) is 7.26. The monoisotopic (exact) mass is 234 g/mol. The van der Waals surface area contributed by atoms with E-state index in [-0.39, 0.29) is 11.9 Å². The van der Waals surface area contributed by atoms with E-state index in [1.165, 1.54) is 11.1 Å². The topological polar surface area (TPSA) is 32.3 Å². The van der Waals surface area contributed by atoms with Gasteiger partial charge >= 0.3 is 0 Å². The smallest absolute Gasteiger partial charge is 0.236 e. The van der Waals surface area contributed by atoms with E-state index < -0.39 is 0 Å². The third-order valence-corrected chi connectivity index (χ3v) is 3.04. The molecule has 0 saturated heterocycles. The van der Waals surface area contributed by atoms with Crippen LogP contribution in [0.25, 0.3) is 0 Å². The van der Waals surface area contributed by atoms with Gasteiger partial charge in [0.15, 0.2) is 0 Å². The summed E-state index contributed by atoms with van der Waals surface area (Å²) in [5.74, 6) is 0.131. The van der Waals surface area contributed by atoms with Gasteiger partial charge in [-0.2, -0.15) is 0 Å². The molecule has 1 unspecified atom stereocenters. The SMILES string of the molecule is CCN(C)C(=O)CNC(C)c1ccc(C)cc1. The van der Waals surface area contributed by atoms with Crippen molar-refractivity contribution in [3.63, 3.8) is 0 Å². The maximum absolute atomic E-state index is 11.6. The van der Waals surface area contributed by atoms with Gasteiger partial charge in [-0.25, -0.2) is 0 Å². The van der Waals surface area contributed by atoms with Crippen LogP contribution >= 0.6 is 0 Å². The summed E-state index contributed by atoms with van der Waals surface area (Å²) in [5.41, 5.74) is 2.46.